The minimum atomic E-state index is -0.738. The molecule has 0 aliphatic carbocycles. The number of carbonyl (C=O) groups excluding carboxylic acids is 2. The van der Waals surface area contributed by atoms with Crippen LogP contribution in [0.5, 0.6) is 5.75 Å². The number of rotatable bonds is 8. The van der Waals surface area contributed by atoms with Crippen molar-refractivity contribution in [3.8, 4) is 22.7 Å². The molecule has 1 aliphatic heterocycles. The Hall–Kier alpha value is -5.03. The first-order valence-electron chi connectivity index (χ1n) is 13.8. The summed E-state index contributed by atoms with van der Waals surface area (Å²) in [6, 6.07) is 25.3. The van der Waals surface area contributed by atoms with Gasteiger partial charge in [0.1, 0.15) is 29.7 Å². The number of fused-ring (bicyclic) bond motifs is 1. The molecule has 1 aliphatic rings. The largest absolute Gasteiger partial charge is 0.497 e. The third-order valence-corrected chi connectivity index (χ3v) is 8.43. The summed E-state index contributed by atoms with van der Waals surface area (Å²) in [5.74, 6) is -1.31. The summed E-state index contributed by atoms with van der Waals surface area (Å²) < 4.78 is 36.3. The number of aromatic nitrogens is 3. The molecule has 222 valence electrons. The summed E-state index contributed by atoms with van der Waals surface area (Å²) in [7, 11) is 1.56. The standard InChI is InChI=1S/C33H27F2N5O3S/c1-43-25-13-11-24(12-14-25)40-33-30(31(38-40)21-7-3-2-4-8-21)32(26-15-10-22(34)17-27(26)35)44-20-29(42)39(33)19-28(41)37-18-23-9-5-6-16-36-23/h2-17,32H,18-20H2,1H3,(H,37,41)/t32-/m1/s1. The highest BCUT2D eigenvalue weighted by Gasteiger charge is 2.38. The lowest BCUT2D eigenvalue weighted by Crippen LogP contribution is -2.42. The van der Waals surface area contributed by atoms with E-state index in [2.05, 4.69) is 10.3 Å². The summed E-state index contributed by atoms with van der Waals surface area (Å²) >= 11 is 1.20. The smallest absolute Gasteiger partial charge is 0.240 e. The van der Waals surface area contributed by atoms with Crippen LogP contribution >= 0.6 is 11.8 Å². The van der Waals surface area contributed by atoms with Crippen LogP contribution in [-0.4, -0.2) is 46.0 Å². The zero-order valence-corrected chi connectivity index (χ0v) is 24.4. The van der Waals surface area contributed by atoms with Crippen molar-refractivity contribution in [2.75, 3.05) is 24.3 Å². The van der Waals surface area contributed by atoms with E-state index in [1.54, 1.807) is 54.4 Å². The maximum Gasteiger partial charge on any atom is 0.240 e. The molecule has 0 saturated carbocycles. The van der Waals surface area contributed by atoms with Crippen LogP contribution in [-0.2, 0) is 16.1 Å². The molecule has 0 radical (unpaired) electrons. The number of thioether (sulfide) groups is 1. The second kappa shape index (κ2) is 12.7. The molecule has 0 fully saturated rings. The van der Waals surface area contributed by atoms with Gasteiger partial charge in [-0.3, -0.25) is 19.5 Å². The number of pyridine rings is 1. The molecule has 6 rings (SSSR count). The Kier molecular flexibility index (Phi) is 8.38. The van der Waals surface area contributed by atoms with Crippen molar-refractivity contribution in [2.24, 2.45) is 0 Å². The quantitative estimate of drug-likeness (QED) is 0.242. The van der Waals surface area contributed by atoms with Crippen LogP contribution in [0.1, 0.15) is 22.1 Å². The van der Waals surface area contributed by atoms with E-state index in [0.29, 0.717) is 34.2 Å². The second-order valence-corrected chi connectivity index (χ2v) is 11.1. The molecule has 3 heterocycles. The molecule has 8 nitrogen and oxygen atoms in total. The van der Waals surface area contributed by atoms with Gasteiger partial charge in [0, 0.05) is 29.0 Å². The molecular weight excluding hydrogens is 584 g/mol. The molecule has 44 heavy (non-hydrogen) atoms. The van der Waals surface area contributed by atoms with E-state index in [0.717, 1.165) is 11.6 Å². The number of nitrogens with zero attached hydrogens (tertiary/aromatic N) is 4. The Morgan fingerprint density at radius 1 is 1.02 bits per heavy atom. The summed E-state index contributed by atoms with van der Waals surface area (Å²) in [5, 5.41) is 7.07. The molecule has 0 unspecified atom stereocenters. The van der Waals surface area contributed by atoms with E-state index in [9.17, 15) is 14.0 Å². The summed E-state index contributed by atoms with van der Waals surface area (Å²) in [4.78, 5) is 32.8. The highest BCUT2D eigenvalue weighted by atomic mass is 32.2. The number of methoxy groups -OCH3 is 1. The second-order valence-electron chi connectivity index (χ2n) is 10.00. The number of anilines is 1. The van der Waals surface area contributed by atoms with Crippen molar-refractivity contribution >= 4 is 29.4 Å². The molecule has 1 N–H and O–H groups in total. The minimum Gasteiger partial charge on any atom is -0.497 e. The van der Waals surface area contributed by atoms with Gasteiger partial charge in [0.2, 0.25) is 11.8 Å². The normalized spacial score (nSPS) is 14.6. The van der Waals surface area contributed by atoms with Gasteiger partial charge in [-0.1, -0.05) is 42.5 Å². The van der Waals surface area contributed by atoms with Gasteiger partial charge in [-0.15, -0.1) is 11.8 Å². The molecule has 0 spiro atoms. The van der Waals surface area contributed by atoms with E-state index >= 15 is 4.39 Å². The lowest BCUT2D eigenvalue weighted by Gasteiger charge is -2.23. The zero-order chi connectivity index (χ0) is 30.6. The lowest BCUT2D eigenvalue weighted by molar-refractivity contribution is -0.123. The number of ether oxygens (including phenoxy) is 1. The van der Waals surface area contributed by atoms with Gasteiger partial charge in [0.15, 0.2) is 0 Å². The van der Waals surface area contributed by atoms with Crippen molar-refractivity contribution < 1.29 is 23.1 Å². The molecule has 5 aromatic rings. The highest BCUT2D eigenvalue weighted by molar-refractivity contribution is 8.00. The van der Waals surface area contributed by atoms with Crippen molar-refractivity contribution in [3.05, 3.63) is 126 Å². The van der Waals surface area contributed by atoms with Crippen LogP contribution in [0.3, 0.4) is 0 Å². The van der Waals surface area contributed by atoms with E-state index in [4.69, 9.17) is 9.84 Å². The summed E-state index contributed by atoms with van der Waals surface area (Å²) in [5.41, 5.74) is 3.25. The van der Waals surface area contributed by atoms with Gasteiger partial charge < -0.3 is 10.1 Å². The van der Waals surface area contributed by atoms with Crippen LogP contribution < -0.4 is 15.0 Å². The number of hydrogen-bond donors (Lipinski definition) is 1. The van der Waals surface area contributed by atoms with Gasteiger partial charge >= 0.3 is 0 Å². The van der Waals surface area contributed by atoms with Crippen LogP contribution in [0.4, 0.5) is 14.6 Å². The van der Waals surface area contributed by atoms with Gasteiger partial charge in [0.05, 0.1) is 41.7 Å². The molecular formula is C33H27F2N5O3S. The number of nitrogens with one attached hydrogen (secondary N) is 1. The minimum absolute atomic E-state index is 0.0550. The predicted octanol–water partition coefficient (Wildman–Crippen LogP) is 5.71. The Labute approximate surface area is 256 Å². The molecule has 0 saturated heterocycles. The van der Waals surface area contributed by atoms with Crippen LogP contribution in [0.2, 0.25) is 0 Å². The first-order chi connectivity index (χ1) is 21.4. The fraction of sp³-hybridized carbons (Fsp3) is 0.152. The topological polar surface area (TPSA) is 89.3 Å². The van der Waals surface area contributed by atoms with E-state index in [1.807, 2.05) is 36.4 Å². The van der Waals surface area contributed by atoms with Gasteiger partial charge in [-0.05, 0) is 42.5 Å². The number of halogens is 2. The van der Waals surface area contributed by atoms with Gasteiger partial charge in [-0.25, -0.2) is 13.5 Å². The first kappa shape index (κ1) is 29.1. The predicted molar refractivity (Wildman–Crippen MR) is 165 cm³/mol. The van der Waals surface area contributed by atoms with Gasteiger partial charge in [0.25, 0.3) is 0 Å². The number of amides is 2. The average molecular weight is 612 g/mol. The lowest BCUT2D eigenvalue weighted by atomic mass is 9.99. The molecule has 11 heteroatoms. The fourth-order valence-electron chi connectivity index (χ4n) is 5.08. The van der Waals surface area contributed by atoms with E-state index in [1.165, 1.54) is 28.8 Å². The molecule has 2 amide bonds. The van der Waals surface area contributed by atoms with E-state index in [-0.39, 0.29) is 30.3 Å². The molecule has 0 bridgehead atoms. The molecule has 3 aromatic carbocycles. The number of hydrogen-bond acceptors (Lipinski definition) is 6. The van der Waals surface area contributed by atoms with Crippen molar-refractivity contribution in [3.63, 3.8) is 0 Å². The Bertz CT molecular complexity index is 1800. The summed E-state index contributed by atoms with van der Waals surface area (Å²) in [6.45, 7) is -0.131. The number of benzene rings is 3. The van der Waals surface area contributed by atoms with Gasteiger partial charge in [-0.2, -0.15) is 5.10 Å². The first-order valence-corrected chi connectivity index (χ1v) is 14.8. The fourth-order valence-corrected chi connectivity index (χ4v) is 6.30. The van der Waals surface area contributed by atoms with Crippen LogP contribution in [0.25, 0.3) is 16.9 Å². The average Bonchev–Trinajstić information content (AvgIpc) is 3.38. The maximum absolute atomic E-state index is 15.4. The van der Waals surface area contributed by atoms with Crippen LogP contribution in [0, 0.1) is 11.6 Å². The van der Waals surface area contributed by atoms with Crippen molar-refractivity contribution in [2.45, 2.75) is 11.8 Å². The Morgan fingerprint density at radius 2 is 1.80 bits per heavy atom. The Balaban J connectivity index is 1.53. The van der Waals surface area contributed by atoms with Crippen LogP contribution in [0.15, 0.2) is 97.2 Å². The zero-order valence-electron chi connectivity index (χ0n) is 23.6. The monoisotopic (exact) mass is 611 g/mol. The molecule has 1 atom stereocenters. The third kappa shape index (κ3) is 5.91. The highest BCUT2D eigenvalue weighted by Crippen LogP contribution is 2.49. The SMILES string of the molecule is COc1ccc(-n2nc(-c3ccccc3)c3c2N(CC(=O)NCc2ccccn2)C(=O)CS[C@@H]3c2ccc(F)cc2F)cc1. The maximum atomic E-state index is 15.4. The van der Waals surface area contributed by atoms with Crippen molar-refractivity contribution in [1.82, 2.24) is 20.1 Å². The number of carbonyl (C=O) groups is 2. The van der Waals surface area contributed by atoms with Crippen molar-refractivity contribution in [1.29, 1.82) is 0 Å². The van der Waals surface area contributed by atoms with E-state index < -0.39 is 22.8 Å². The summed E-state index contributed by atoms with van der Waals surface area (Å²) in [6.07, 6.45) is 1.64. The third-order valence-electron chi connectivity index (χ3n) is 7.19. The Morgan fingerprint density at radius 3 is 2.50 bits per heavy atom. The molecule has 2 aromatic heterocycles.